The first kappa shape index (κ1) is 15.9. The molecule has 0 saturated carbocycles. The molecule has 1 saturated heterocycles. The van der Waals surface area contributed by atoms with Gasteiger partial charge in [0.25, 0.3) is 0 Å². The summed E-state index contributed by atoms with van der Waals surface area (Å²) in [4.78, 5) is 13.4. The van der Waals surface area contributed by atoms with Crippen molar-refractivity contribution < 1.29 is 4.52 Å². The number of piperazine rings is 1. The standard InChI is InChI=1S/C19H21N5O/c1-2-5-16(6-3-1)14-23-9-11-24(12-10-23)15-18-21-19(22-25-18)17-7-4-8-20-13-17/h1-8,13H,9-12,14-15H2. The molecular formula is C19H21N5O. The number of pyridine rings is 1. The molecular weight excluding hydrogens is 314 g/mol. The zero-order valence-corrected chi connectivity index (χ0v) is 14.1. The van der Waals surface area contributed by atoms with E-state index in [1.165, 1.54) is 5.56 Å². The topological polar surface area (TPSA) is 58.3 Å². The Kier molecular flexibility index (Phi) is 4.81. The van der Waals surface area contributed by atoms with E-state index in [-0.39, 0.29) is 0 Å². The van der Waals surface area contributed by atoms with Crippen LogP contribution in [0.2, 0.25) is 0 Å². The number of rotatable bonds is 5. The first-order valence-corrected chi connectivity index (χ1v) is 8.58. The predicted octanol–water partition coefficient (Wildman–Crippen LogP) is 2.45. The van der Waals surface area contributed by atoms with Crippen molar-refractivity contribution >= 4 is 0 Å². The molecule has 0 aliphatic carbocycles. The van der Waals surface area contributed by atoms with Crippen LogP contribution in [0.5, 0.6) is 0 Å². The zero-order chi connectivity index (χ0) is 16.9. The van der Waals surface area contributed by atoms with Crippen LogP contribution in [0.25, 0.3) is 11.4 Å². The number of hydrogen-bond acceptors (Lipinski definition) is 6. The maximum atomic E-state index is 5.40. The van der Waals surface area contributed by atoms with Crippen molar-refractivity contribution in [1.82, 2.24) is 24.9 Å². The van der Waals surface area contributed by atoms with Crippen LogP contribution in [-0.2, 0) is 13.1 Å². The number of benzene rings is 1. The van der Waals surface area contributed by atoms with Gasteiger partial charge in [0.05, 0.1) is 6.54 Å². The fourth-order valence-corrected chi connectivity index (χ4v) is 3.07. The summed E-state index contributed by atoms with van der Waals surface area (Å²) in [5.74, 6) is 1.26. The lowest BCUT2D eigenvalue weighted by atomic mass is 10.2. The quantitative estimate of drug-likeness (QED) is 0.714. The highest BCUT2D eigenvalue weighted by atomic mass is 16.5. The SMILES string of the molecule is c1ccc(CN2CCN(Cc3nc(-c4cccnc4)no3)CC2)cc1. The minimum absolute atomic E-state index is 0.603. The molecule has 1 aliphatic heterocycles. The van der Waals surface area contributed by atoms with E-state index in [9.17, 15) is 0 Å². The van der Waals surface area contributed by atoms with Crippen molar-refractivity contribution in [3.05, 3.63) is 66.3 Å². The molecule has 0 atom stereocenters. The summed E-state index contributed by atoms with van der Waals surface area (Å²) in [7, 11) is 0. The predicted molar refractivity (Wildman–Crippen MR) is 94.5 cm³/mol. The molecule has 3 aromatic rings. The molecule has 2 aromatic heterocycles. The molecule has 0 amide bonds. The maximum absolute atomic E-state index is 5.40. The van der Waals surface area contributed by atoms with Crippen LogP contribution in [0, 0.1) is 0 Å². The molecule has 128 valence electrons. The van der Waals surface area contributed by atoms with Gasteiger partial charge in [0, 0.05) is 50.7 Å². The lowest BCUT2D eigenvalue weighted by Crippen LogP contribution is -2.45. The van der Waals surface area contributed by atoms with Crippen molar-refractivity contribution in [2.24, 2.45) is 0 Å². The molecule has 0 bridgehead atoms. The lowest BCUT2D eigenvalue weighted by molar-refractivity contribution is 0.112. The molecule has 4 rings (SSSR count). The van der Waals surface area contributed by atoms with E-state index in [1.807, 2.05) is 12.1 Å². The Hall–Kier alpha value is -2.57. The van der Waals surface area contributed by atoms with Crippen LogP contribution in [0.15, 0.2) is 59.4 Å². The first-order valence-electron chi connectivity index (χ1n) is 8.58. The average Bonchev–Trinajstić information content (AvgIpc) is 3.14. The van der Waals surface area contributed by atoms with E-state index in [2.05, 4.69) is 55.3 Å². The summed E-state index contributed by atoms with van der Waals surface area (Å²) in [6.45, 7) is 5.85. The van der Waals surface area contributed by atoms with Gasteiger partial charge in [-0.3, -0.25) is 14.8 Å². The lowest BCUT2D eigenvalue weighted by Gasteiger charge is -2.33. The van der Waals surface area contributed by atoms with Crippen LogP contribution >= 0.6 is 0 Å². The highest BCUT2D eigenvalue weighted by Crippen LogP contribution is 2.15. The van der Waals surface area contributed by atoms with Crippen molar-refractivity contribution in [1.29, 1.82) is 0 Å². The molecule has 25 heavy (non-hydrogen) atoms. The Morgan fingerprint density at radius 3 is 2.36 bits per heavy atom. The van der Waals surface area contributed by atoms with Gasteiger partial charge in [0.1, 0.15) is 0 Å². The Morgan fingerprint density at radius 1 is 0.880 bits per heavy atom. The minimum Gasteiger partial charge on any atom is -0.338 e. The summed E-state index contributed by atoms with van der Waals surface area (Å²) in [6, 6.07) is 14.4. The molecule has 6 heteroatoms. The summed E-state index contributed by atoms with van der Waals surface area (Å²) in [5, 5.41) is 4.06. The van der Waals surface area contributed by atoms with Gasteiger partial charge in [-0.05, 0) is 17.7 Å². The smallest absolute Gasteiger partial charge is 0.241 e. The minimum atomic E-state index is 0.603. The molecule has 6 nitrogen and oxygen atoms in total. The van der Waals surface area contributed by atoms with Crippen LogP contribution in [0.4, 0.5) is 0 Å². The Labute approximate surface area is 147 Å². The van der Waals surface area contributed by atoms with Gasteiger partial charge < -0.3 is 4.52 Å². The summed E-state index contributed by atoms with van der Waals surface area (Å²) in [5.41, 5.74) is 2.25. The largest absolute Gasteiger partial charge is 0.338 e. The van der Waals surface area contributed by atoms with E-state index in [0.29, 0.717) is 18.3 Å². The van der Waals surface area contributed by atoms with Gasteiger partial charge in [-0.25, -0.2) is 0 Å². The maximum Gasteiger partial charge on any atom is 0.241 e. The number of aromatic nitrogens is 3. The summed E-state index contributed by atoms with van der Waals surface area (Å²) in [6.07, 6.45) is 3.48. The zero-order valence-electron chi connectivity index (χ0n) is 14.1. The molecule has 1 fully saturated rings. The van der Waals surface area contributed by atoms with Crippen molar-refractivity contribution in [2.75, 3.05) is 26.2 Å². The molecule has 3 heterocycles. The third-order valence-electron chi connectivity index (χ3n) is 4.46. The number of hydrogen-bond donors (Lipinski definition) is 0. The molecule has 0 radical (unpaired) electrons. The van der Waals surface area contributed by atoms with E-state index in [0.717, 1.165) is 38.3 Å². The van der Waals surface area contributed by atoms with Gasteiger partial charge in [-0.2, -0.15) is 4.98 Å². The van der Waals surface area contributed by atoms with Gasteiger partial charge in [0.2, 0.25) is 11.7 Å². The second-order valence-corrected chi connectivity index (χ2v) is 6.29. The fraction of sp³-hybridized carbons (Fsp3) is 0.316. The van der Waals surface area contributed by atoms with Crippen molar-refractivity contribution in [3.63, 3.8) is 0 Å². The Morgan fingerprint density at radius 2 is 1.64 bits per heavy atom. The first-order chi connectivity index (χ1) is 12.4. The molecule has 0 N–H and O–H groups in total. The summed E-state index contributed by atoms with van der Waals surface area (Å²) < 4.78 is 5.40. The fourth-order valence-electron chi connectivity index (χ4n) is 3.07. The van der Waals surface area contributed by atoms with Gasteiger partial charge in [0.15, 0.2) is 0 Å². The Bertz CT molecular complexity index is 782. The van der Waals surface area contributed by atoms with E-state index in [4.69, 9.17) is 4.52 Å². The number of nitrogens with zero attached hydrogens (tertiary/aromatic N) is 5. The van der Waals surface area contributed by atoms with E-state index in [1.54, 1.807) is 12.4 Å². The highest BCUT2D eigenvalue weighted by Gasteiger charge is 2.19. The molecule has 1 aromatic carbocycles. The second kappa shape index (κ2) is 7.55. The molecule has 1 aliphatic rings. The normalized spacial score (nSPS) is 16.2. The third kappa shape index (κ3) is 4.10. The van der Waals surface area contributed by atoms with E-state index >= 15 is 0 Å². The van der Waals surface area contributed by atoms with Gasteiger partial charge >= 0.3 is 0 Å². The van der Waals surface area contributed by atoms with Crippen LogP contribution < -0.4 is 0 Å². The highest BCUT2D eigenvalue weighted by molar-refractivity contribution is 5.51. The van der Waals surface area contributed by atoms with Crippen LogP contribution in [0.1, 0.15) is 11.5 Å². The van der Waals surface area contributed by atoms with Crippen LogP contribution in [0.3, 0.4) is 0 Å². The van der Waals surface area contributed by atoms with Crippen molar-refractivity contribution in [3.8, 4) is 11.4 Å². The Balaban J connectivity index is 1.30. The average molecular weight is 335 g/mol. The third-order valence-corrected chi connectivity index (χ3v) is 4.46. The van der Waals surface area contributed by atoms with Gasteiger partial charge in [-0.1, -0.05) is 35.5 Å². The second-order valence-electron chi connectivity index (χ2n) is 6.29. The van der Waals surface area contributed by atoms with Crippen LogP contribution in [-0.4, -0.2) is 51.1 Å². The summed E-state index contributed by atoms with van der Waals surface area (Å²) >= 11 is 0. The van der Waals surface area contributed by atoms with Gasteiger partial charge in [-0.15, -0.1) is 0 Å². The monoisotopic (exact) mass is 335 g/mol. The molecule has 0 unspecified atom stereocenters. The van der Waals surface area contributed by atoms with Crippen molar-refractivity contribution in [2.45, 2.75) is 13.1 Å². The van der Waals surface area contributed by atoms with E-state index < -0.39 is 0 Å². The molecule has 0 spiro atoms.